The molecule has 0 radical (unpaired) electrons. The van der Waals surface area contributed by atoms with E-state index in [1.807, 2.05) is 29.2 Å². The van der Waals surface area contributed by atoms with Gasteiger partial charge >= 0.3 is 0 Å². The number of halogens is 1. The molecule has 8 heterocycles. The van der Waals surface area contributed by atoms with Crippen molar-refractivity contribution in [2.75, 3.05) is 60.9 Å². The van der Waals surface area contributed by atoms with Crippen LogP contribution >= 0.6 is 0 Å². The van der Waals surface area contributed by atoms with Gasteiger partial charge in [0.15, 0.2) is 5.65 Å². The molecule has 5 aromatic rings. The van der Waals surface area contributed by atoms with Crippen LogP contribution in [0, 0.1) is 5.92 Å². The number of imide groups is 1. The van der Waals surface area contributed by atoms with E-state index in [0.717, 1.165) is 92.7 Å². The van der Waals surface area contributed by atoms with Crippen molar-refractivity contribution in [2.45, 2.75) is 76.2 Å². The Hall–Kier alpha value is -5.90. The number of nitrogens with zero attached hydrogens (tertiary/aromatic N) is 9. The molecule has 0 aliphatic carbocycles. The number of amides is 4. The number of benzene rings is 2. The summed E-state index contributed by atoms with van der Waals surface area (Å²) >= 11 is 0. The van der Waals surface area contributed by atoms with Crippen LogP contribution in [0.2, 0.25) is 0 Å². The van der Waals surface area contributed by atoms with Gasteiger partial charge in [-0.15, -0.1) is 0 Å². The van der Waals surface area contributed by atoms with Gasteiger partial charge in [-0.05, 0) is 92.8 Å². The molecule has 10 rings (SSSR count). The number of aromatic nitrogens is 5. The van der Waals surface area contributed by atoms with Crippen molar-refractivity contribution in [1.29, 1.82) is 0 Å². The number of hydrogen-bond acceptors (Lipinski definition) is 10. The van der Waals surface area contributed by atoms with E-state index in [-0.39, 0.29) is 48.3 Å². The molecular formula is C43H48FN11O4. The van der Waals surface area contributed by atoms with Gasteiger partial charge in [-0.2, -0.15) is 10.2 Å². The van der Waals surface area contributed by atoms with Gasteiger partial charge in [0.1, 0.15) is 17.9 Å². The second-order valence-corrected chi connectivity index (χ2v) is 16.8. The van der Waals surface area contributed by atoms with E-state index in [1.54, 1.807) is 33.9 Å². The molecular weight excluding hydrogens is 754 g/mol. The minimum absolute atomic E-state index is 0.136. The zero-order valence-electron chi connectivity index (χ0n) is 32.9. The van der Waals surface area contributed by atoms with Gasteiger partial charge in [0.2, 0.25) is 11.8 Å². The predicted molar refractivity (Wildman–Crippen MR) is 219 cm³/mol. The van der Waals surface area contributed by atoms with Crippen molar-refractivity contribution in [3.63, 3.8) is 0 Å². The molecule has 306 valence electrons. The molecule has 59 heavy (non-hydrogen) atoms. The first-order valence-electron chi connectivity index (χ1n) is 21.0. The van der Waals surface area contributed by atoms with Gasteiger partial charge < -0.3 is 24.9 Å². The van der Waals surface area contributed by atoms with Crippen LogP contribution in [0.3, 0.4) is 0 Å². The lowest BCUT2D eigenvalue weighted by molar-refractivity contribution is -0.136. The molecule has 4 saturated heterocycles. The number of likely N-dealkylation sites (tertiary alicyclic amines) is 1. The fraction of sp³-hybridized carbons (Fsp3) is 0.465. The van der Waals surface area contributed by atoms with Crippen molar-refractivity contribution in [3.8, 4) is 0 Å². The van der Waals surface area contributed by atoms with Crippen LogP contribution in [0.4, 0.5) is 21.5 Å². The van der Waals surface area contributed by atoms with Crippen LogP contribution in [0.5, 0.6) is 0 Å². The molecule has 3 aromatic heterocycles. The largest absolute Gasteiger partial charge is 0.371 e. The maximum absolute atomic E-state index is 14.7. The highest BCUT2D eigenvalue weighted by Crippen LogP contribution is 2.36. The highest BCUT2D eigenvalue weighted by atomic mass is 19.1. The monoisotopic (exact) mass is 801 g/mol. The van der Waals surface area contributed by atoms with Crippen LogP contribution < -0.4 is 20.4 Å². The topological polar surface area (TPSA) is 153 Å². The van der Waals surface area contributed by atoms with Crippen molar-refractivity contribution in [3.05, 3.63) is 77.9 Å². The third kappa shape index (κ3) is 7.38. The number of carbonyl (C=O) groups excluding carboxylic acids is 4. The van der Waals surface area contributed by atoms with E-state index in [0.29, 0.717) is 48.7 Å². The third-order valence-electron chi connectivity index (χ3n) is 13.0. The first-order chi connectivity index (χ1) is 28.7. The first-order valence-corrected chi connectivity index (χ1v) is 21.0. The lowest BCUT2D eigenvalue weighted by Crippen LogP contribution is -2.52. The van der Waals surface area contributed by atoms with Crippen molar-refractivity contribution in [1.82, 2.24) is 39.5 Å². The van der Waals surface area contributed by atoms with Crippen LogP contribution in [0.25, 0.3) is 16.6 Å². The molecule has 2 N–H and O–H groups in total. The van der Waals surface area contributed by atoms with Gasteiger partial charge in [0.05, 0.1) is 22.9 Å². The molecule has 4 fully saturated rings. The summed E-state index contributed by atoms with van der Waals surface area (Å²) in [5, 5.41) is 15.8. The average molecular weight is 802 g/mol. The summed E-state index contributed by atoms with van der Waals surface area (Å²) in [5.41, 5.74) is 5.75. The fourth-order valence-electron chi connectivity index (χ4n) is 9.74. The quantitative estimate of drug-likeness (QED) is 0.213. The smallest absolute Gasteiger partial charge is 0.276 e. The Kier molecular flexibility index (Phi) is 9.73. The van der Waals surface area contributed by atoms with E-state index >= 15 is 0 Å². The molecule has 2 atom stereocenters. The van der Waals surface area contributed by atoms with Gasteiger partial charge in [-0.1, -0.05) is 6.07 Å². The molecule has 16 heteroatoms. The predicted octanol–water partition coefficient (Wildman–Crippen LogP) is 4.58. The first kappa shape index (κ1) is 37.4. The SMILES string of the molecule is O=C1CCC(N2Cc3ccc(N4CCC(CN5CCC(n6cc7cc(NC(=O)c8ccc9nccn9n8)c(N8CCCC(F)C8)cc7n6)CC5)CC4)cc3C2=O)C(=O)N1. The molecule has 2 aromatic carbocycles. The minimum atomic E-state index is -0.929. The Morgan fingerprint density at radius 1 is 0.898 bits per heavy atom. The summed E-state index contributed by atoms with van der Waals surface area (Å²) in [4.78, 5) is 63.8. The Bertz CT molecular complexity index is 2450. The lowest BCUT2D eigenvalue weighted by atomic mass is 9.94. The van der Waals surface area contributed by atoms with Crippen LogP contribution in [-0.2, 0) is 16.1 Å². The van der Waals surface area contributed by atoms with Crippen LogP contribution in [0.15, 0.2) is 61.1 Å². The molecule has 4 amide bonds. The maximum atomic E-state index is 14.7. The number of piperidine rings is 4. The zero-order chi connectivity index (χ0) is 40.2. The number of alkyl halides is 1. The second kappa shape index (κ2) is 15.4. The van der Waals surface area contributed by atoms with E-state index in [9.17, 15) is 23.6 Å². The number of anilines is 3. The van der Waals surface area contributed by atoms with Crippen LogP contribution in [-0.4, -0.2) is 116 Å². The molecule has 5 aliphatic rings. The fourth-order valence-corrected chi connectivity index (χ4v) is 9.74. The van der Waals surface area contributed by atoms with E-state index in [2.05, 4.69) is 47.5 Å². The van der Waals surface area contributed by atoms with Gasteiger partial charge in [-0.25, -0.2) is 13.9 Å². The Labute approximate surface area is 340 Å². The van der Waals surface area contributed by atoms with Gasteiger partial charge in [-0.3, -0.25) is 29.2 Å². The van der Waals surface area contributed by atoms with Gasteiger partial charge in [0, 0.05) is 94.0 Å². The minimum Gasteiger partial charge on any atom is -0.371 e. The molecule has 15 nitrogen and oxygen atoms in total. The number of imidazole rings is 1. The summed E-state index contributed by atoms with van der Waals surface area (Å²) in [6.07, 6.45) is 10.5. The van der Waals surface area contributed by atoms with E-state index < -0.39 is 12.2 Å². The Balaban J connectivity index is 0.757. The van der Waals surface area contributed by atoms with Gasteiger partial charge in [0.25, 0.3) is 11.8 Å². The third-order valence-corrected chi connectivity index (χ3v) is 13.0. The van der Waals surface area contributed by atoms with Crippen LogP contribution in [0.1, 0.15) is 83.8 Å². The van der Waals surface area contributed by atoms with Crippen molar-refractivity contribution in [2.24, 2.45) is 5.92 Å². The molecule has 0 bridgehead atoms. The maximum Gasteiger partial charge on any atom is 0.276 e. The average Bonchev–Trinajstić information content (AvgIpc) is 3.98. The lowest BCUT2D eigenvalue weighted by Gasteiger charge is -2.38. The normalized spacial score (nSPS) is 22.4. The summed E-state index contributed by atoms with van der Waals surface area (Å²) in [6, 6.07) is 13.1. The zero-order valence-corrected chi connectivity index (χ0v) is 32.9. The molecule has 5 aliphatic heterocycles. The number of rotatable bonds is 8. The molecule has 0 spiro atoms. The molecule has 0 saturated carbocycles. The number of carbonyl (C=O) groups is 4. The van der Waals surface area contributed by atoms with Crippen molar-refractivity contribution >= 4 is 57.2 Å². The summed E-state index contributed by atoms with van der Waals surface area (Å²) < 4.78 is 18.3. The number of hydrogen-bond donors (Lipinski definition) is 2. The van der Waals surface area contributed by atoms with E-state index in [1.165, 1.54) is 0 Å². The molecule has 2 unspecified atom stereocenters. The second-order valence-electron chi connectivity index (χ2n) is 16.8. The Morgan fingerprint density at radius 2 is 1.75 bits per heavy atom. The number of fused-ring (bicyclic) bond motifs is 3. The van der Waals surface area contributed by atoms with Crippen molar-refractivity contribution < 1.29 is 23.6 Å². The standard InChI is InChI=1S/C43H48FN11O4/c44-30-2-1-14-52(26-30)38-22-35-29(20-36(38)46-41(57)34-5-7-39-45-13-19-54(39)48-34)25-55(49-35)31-11-15-50(16-12-31)23-27-9-17-51(18-10-27)32-4-3-28-24-53(43(59)33(28)21-32)37-6-8-40(56)47-42(37)58/h3-5,7,13,19-22,25,27,30-31,37H,1-2,6,8-12,14-18,23-24,26H2,(H,46,57)(H,47,56,58). The Morgan fingerprint density at radius 3 is 2.56 bits per heavy atom. The highest BCUT2D eigenvalue weighted by Gasteiger charge is 2.39. The number of nitrogens with one attached hydrogen (secondary N) is 2. The summed E-state index contributed by atoms with van der Waals surface area (Å²) in [7, 11) is 0. The van der Waals surface area contributed by atoms with E-state index in [4.69, 9.17) is 5.10 Å². The highest BCUT2D eigenvalue weighted by molar-refractivity contribution is 6.07. The summed E-state index contributed by atoms with van der Waals surface area (Å²) in [6.45, 7) is 6.26. The summed E-state index contributed by atoms with van der Waals surface area (Å²) in [5.74, 6) is -0.557.